The quantitative estimate of drug-likeness (QED) is 0.681. The van der Waals surface area contributed by atoms with Gasteiger partial charge in [0.2, 0.25) is 17.8 Å². The summed E-state index contributed by atoms with van der Waals surface area (Å²) in [6.07, 6.45) is 0. The fourth-order valence-electron chi connectivity index (χ4n) is 2.05. The normalized spacial score (nSPS) is 10.8. The number of rotatable bonds is 8. The predicted octanol–water partition coefficient (Wildman–Crippen LogP) is 3.65. The Morgan fingerprint density at radius 2 is 1.42 bits per heavy atom. The van der Waals surface area contributed by atoms with Gasteiger partial charge in [0.15, 0.2) is 0 Å². The third-order valence-electron chi connectivity index (χ3n) is 2.90. The van der Waals surface area contributed by atoms with E-state index in [9.17, 15) is 0 Å². The van der Waals surface area contributed by atoms with Gasteiger partial charge in [0, 0.05) is 12.1 Å². The number of para-hydroxylation sites is 2. The van der Waals surface area contributed by atoms with Gasteiger partial charge in [-0.2, -0.15) is 15.0 Å². The first kappa shape index (κ1) is 17.8. The molecule has 0 atom stereocenters. The van der Waals surface area contributed by atoms with Gasteiger partial charge in [-0.1, -0.05) is 12.1 Å². The van der Waals surface area contributed by atoms with Crippen LogP contribution in [0, 0.1) is 0 Å². The van der Waals surface area contributed by atoms with E-state index in [-0.39, 0.29) is 12.1 Å². The van der Waals surface area contributed by atoms with Crippen LogP contribution in [0.25, 0.3) is 0 Å². The van der Waals surface area contributed by atoms with Crippen LogP contribution < -0.4 is 20.7 Å². The molecule has 0 spiro atoms. The number of aromatic nitrogens is 3. The Morgan fingerprint density at radius 3 is 1.96 bits per heavy atom. The molecule has 0 aliphatic carbocycles. The Kier molecular flexibility index (Phi) is 6.17. The topological polar surface area (TPSA) is 84.0 Å². The zero-order valence-electron chi connectivity index (χ0n) is 14.9. The van der Waals surface area contributed by atoms with Gasteiger partial charge >= 0.3 is 0 Å². The molecule has 0 unspecified atom stereocenters. The van der Waals surface area contributed by atoms with E-state index in [1.54, 1.807) is 0 Å². The molecule has 0 saturated carbocycles. The predicted molar refractivity (Wildman–Crippen MR) is 98.2 cm³/mol. The smallest absolute Gasteiger partial charge is 0.233 e. The maximum Gasteiger partial charge on any atom is 0.233 e. The second-order valence-corrected chi connectivity index (χ2v) is 5.96. The number of nitrogens with zero attached hydrogens (tertiary/aromatic N) is 3. The molecule has 0 aliphatic rings. The minimum absolute atomic E-state index is 0.225. The summed E-state index contributed by atoms with van der Waals surface area (Å²) in [7, 11) is 0. The molecule has 1 heterocycles. The lowest BCUT2D eigenvalue weighted by Crippen LogP contribution is -2.18. The highest BCUT2D eigenvalue weighted by Crippen LogP contribution is 2.26. The molecule has 1 aromatic carbocycles. The molecule has 2 aromatic rings. The van der Waals surface area contributed by atoms with Crippen LogP contribution in [0.2, 0.25) is 0 Å². The molecule has 130 valence electrons. The summed E-state index contributed by atoms with van der Waals surface area (Å²) in [5.41, 5.74) is 0.816. The maximum atomic E-state index is 5.63. The molecule has 0 fully saturated rings. The van der Waals surface area contributed by atoms with Crippen molar-refractivity contribution in [2.45, 2.75) is 46.7 Å². The largest absolute Gasteiger partial charge is 0.492 e. The molecule has 0 amide bonds. The first-order chi connectivity index (χ1) is 11.5. The summed E-state index contributed by atoms with van der Waals surface area (Å²) in [4.78, 5) is 13.3. The molecule has 7 heteroatoms. The van der Waals surface area contributed by atoms with Crippen molar-refractivity contribution in [1.29, 1.82) is 0 Å². The summed E-state index contributed by atoms with van der Waals surface area (Å²) >= 11 is 0. The number of hydrogen-bond donors (Lipinski definition) is 3. The third-order valence-corrected chi connectivity index (χ3v) is 2.90. The fraction of sp³-hybridized carbons (Fsp3) is 0.471. The average molecular weight is 330 g/mol. The lowest BCUT2D eigenvalue weighted by molar-refractivity contribution is 0.342. The summed E-state index contributed by atoms with van der Waals surface area (Å²) in [5, 5.41) is 9.64. The minimum atomic E-state index is 0.225. The van der Waals surface area contributed by atoms with Gasteiger partial charge in [0.25, 0.3) is 0 Å². The fourth-order valence-corrected chi connectivity index (χ4v) is 2.05. The lowest BCUT2D eigenvalue weighted by atomic mass is 10.3. The van der Waals surface area contributed by atoms with Crippen molar-refractivity contribution in [2.24, 2.45) is 0 Å². The lowest BCUT2D eigenvalue weighted by Gasteiger charge is -2.15. The Morgan fingerprint density at radius 1 is 0.875 bits per heavy atom. The van der Waals surface area contributed by atoms with Gasteiger partial charge < -0.3 is 20.7 Å². The van der Waals surface area contributed by atoms with E-state index in [1.807, 2.05) is 58.9 Å². The van der Waals surface area contributed by atoms with Crippen LogP contribution in [0.1, 0.15) is 34.6 Å². The van der Waals surface area contributed by atoms with Gasteiger partial charge in [0.1, 0.15) is 5.75 Å². The van der Waals surface area contributed by atoms with Crippen molar-refractivity contribution in [2.75, 3.05) is 22.6 Å². The van der Waals surface area contributed by atoms with E-state index in [4.69, 9.17) is 4.74 Å². The summed E-state index contributed by atoms with van der Waals surface area (Å²) in [6, 6.07) is 8.16. The molecule has 7 nitrogen and oxygen atoms in total. The first-order valence-electron chi connectivity index (χ1n) is 8.26. The Labute approximate surface area is 143 Å². The van der Waals surface area contributed by atoms with Crippen molar-refractivity contribution < 1.29 is 4.74 Å². The Balaban J connectivity index is 2.31. The van der Waals surface area contributed by atoms with Crippen molar-refractivity contribution in [1.82, 2.24) is 15.0 Å². The van der Waals surface area contributed by atoms with Crippen molar-refractivity contribution in [3.63, 3.8) is 0 Å². The highest BCUT2D eigenvalue weighted by atomic mass is 16.5. The first-order valence-corrected chi connectivity index (χ1v) is 8.26. The molecule has 24 heavy (non-hydrogen) atoms. The number of ether oxygens (including phenoxy) is 1. The zero-order valence-corrected chi connectivity index (χ0v) is 14.9. The molecule has 1 aromatic heterocycles. The number of nitrogens with one attached hydrogen (secondary N) is 3. The SMILES string of the molecule is CCOc1ccccc1Nc1nc(NC(C)C)nc(NC(C)C)n1. The second-order valence-electron chi connectivity index (χ2n) is 5.96. The third kappa shape index (κ3) is 5.26. The highest BCUT2D eigenvalue weighted by molar-refractivity contribution is 5.63. The van der Waals surface area contributed by atoms with Gasteiger partial charge in [-0.05, 0) is 46.8 Å². The zero-order chi connectivity index (χ0) is 17.5. The van der Waals surface area contributed by atoms with E-state index in [0.29, 0.717) is 24.5 Å². The van der Waals surface area contributed by atoms with E-state index < -0.39 is 0 Å². The summed E-state index contributed by atoms with van der Waals surface area (Å²) in [5.74, 6) is 2.28. The van der Waals surface area contributed by atoms with Gasteiger partial charge in [0.05, 0.1) is 12.3 Å². The van der Waals surface area contributed by atoms with Crippen molar-refractivity contribution in [3.05, 3.63) is 24.3 Å². The van der Waals surface area contributed by atoms with E-state index in [2.05, 4.69) is 30.9 Å². The Bertz CT molecular complexity index is 631. The van der Waals surface area contributed by atoms with E-state index in [1.165, 1.54) is 0 Å². The number of anilines is 4. The summed E-state index contributed by atoms with van der Waals surface area (Å²) in [6.45, 7) is 10.7. The van der Waals surface area contributed by atoms with Crippen molar-refractivity contribution in [3.8, 4) is 5.75 Å². The molecule has 0 radical (unpaired) electrons. The number of hydrogen-bond acceptors (Lipinski definition) is 7. The van der Waals surface area contributed by atoms with Crippen LogP contribution in [0.15, 0.2) is 24.3 Å². The van der Waals surface area contributed by atoms with E-state index in [0.717, 1.165) is 11.4 Å². The van der Waals surface area contributed by atoms with Crippen LogP contribution >= 0.6 is 0 Å². The van der Waals surface area contributed by atoms with Crippen LogP contribution in [0.4, 0.5) is 23.5 Å². The van der Waals surface area contributed by atoms with Gasteiger partial charge in [-0.3, -0.25) is 0 Å². The number of benzene rings is 1. The molecule has 0 aliphatic heterocycles. The molecular formula is C17H26N6O. The minimum Gasteiger partial charge on any atom is -0.492 e. The van der Waals surface area contributed by atoms with Crippen LogP contribution in [-0.4, -0.2) is 33.6 Å². The monoisotopic (exact) mass is 330 g/mol. The Hall–Kier alpha value is -2.57. The van der Waals surface area contributed by atoms with Crippen molar-refractivity contribution >= 4 is 23.5 Å². The molecule has 3 N–H and O–H groups in total. The van der Waals surface area contributed by atoms with Gasteiger partial charge in [-0.25, -0.2) is 0 Å². The van der Waals surface area contributed by atoms with Gasteiger partial charge in [-0.15, -0.1) is 0 Å². The van der Waals surface area contributed by atoms with E-state index >= 15 is 0 Å². The highest BCUT2D eigenvalue weighted by Gasteiger charge is 2.10. The van der Waals surface area contributed by atoms with Crippen LogP contribution in [-0.2, 0) is 0 Å². The van der Waals surface area contributed by atoms with Crippen LogP contribution in [0.3, 0.4) is 0 Å². The summed E-state index contributed by atoms with van der Waals surface area (Å²) < 4.78 is 5.63. The average Bonchev–Trinajstić information content (AvgIpc) is 2.48. The molecule has 0 saturated heterocycles. The molecular weight excluding hydrogens is 304 g/mol. The second kappa shape index (κ2) is 8.33. The molecule has 0 bridgehead atoms. The standard InChI is InChI=1S/C17H26N6O/c1-6-24-14-10-8-7-9-13(14)20-17-22-15(18-11(2)3)21-16(23-17)19-12(4)5/h7-12H,6H2,1-5H3,(H3,18,19,20,21,22,23). The van der Waals surface area contributed by atoms with Crippen LogP contribution in [0.5, 0.6) is 5.75 Å². The maximum absolute atomic E-state index is 5.63. The molecule has 2 rings (SSSR count).